The molecule has 0 radical (unpaired) electrons. The van der Waals surface area contributed by atoms with Gasteiger partial charge in [0.15, 0.2) is 0 Å². The zero-order valence-electron chi connectivity index (χ0n) is 16.4. The Kier molecular flexibility index (Phi) is 8.24. The van der Waals surface area contributed by atoms with Crippen molar-refractivity contribution in [2.75, 3.05) is 30.6 Å². The predicted molar refractivity (Wildman–Crippen MR) is 107 cm³/mol. The van der Waals surface area contributed by atoms with Gasteiger partial charge in [-0.15, -0.1) is 0 Å². The molecule has 0 saturated carbocycles. The normalized spacial score (nSPS) is 11.9. The second-order valence-electron chi connectivity index (χ2n) is 6.27. The number of hydrogen-bond acceptors (Lipinski definition) is 4. The lowest BCUT2D eigenvalue weighted by Crippen LogP contribution is -2.41. The molecular formula is C20H23F3N2O4S. The SMILES string of the molecule is CCOCCCNC(=O)CN(c1cccc(C(F)(F)F)c1)S(=O)(=O)c1ccccc1. The minimum absolute atomic E-state index is 0.133. The molecule has 2 aromatic carbocycles. The number of benzene rings is 2. The standard InChI is InChI=1S/C20H23F3N2O4S/c1-2-29-13-7-12-24-19(26)15-25(30(27,28)18-10-4-3-5-11-18)17-9-6-8-16(14-17)20(21,22)23/h3-6,8-11,14H,2,7,12-13,15H2,1H3,(H,24,26). The number of ether oxygens (including phenoxy) is 1. The van der Waals surface area contributed by atoms with Gasteiger partial charge in [-0.2, -0.15) is 13.2 Å². The molecule has 1 amide bonds. The second kappa shape index (κ2) is 10.4. The molecule has 0 aliphatic carbocycles. The molecule has 30 heavy (non-hydrogen) atoms. The van der Waals surface area contributed by atoms with Gasteiger partial charge in [0.05, 0.1) is 16.1 Å². The van der Waals surface area contributed by atoms with Crippen molar-refractivity contribution in [1.29, 1.82) is 0 Å². The number of hydrogen-bond donors (Lipinski definition) is 1. The number of nitrogens with zero attached hydrogens (tertiary/aromatic N) is 1. The highest BCUT2D eigenvalue weighted by atomic mass is 32.2. The van der Waals surface area contributed by atoms with Crippen LogP contribution in [0.1, 0.15) is 18.9 Å². The molecule has 1 N–H and O–H groups in total. The summed E-state index contributed by atoms with van der Waals surface area (Å²) >= 11 is 0. The van der Waals surface area contributed by atoms with Crippen LogP contribution < -0.4 is 9.62 Å². The molecule has 164 valence electrons. The number of carbonyl (C=O) groups is 1. The van der Waals surface area contributed by atoms with E-state index in [2.05, 4.69) is 5.32 Å². The van der Waals surface area contributed by atoms with Gasteiger partial charge in [0.2, 0.25) is 5.91 Å². The van der Waals surface area contributed by atoms with E-state index in [0.29, 0.717) is 30.0 Å². The van der Waals surface area contributed by atoms with Crippen LogP contribution in [-0.4, -0.2) is 40.6 Å². The first-order valence-electron chi connectivity index (χ1n) is 9.25. The highest BCUT2D eigenvalue weighted by Crippen LogP contribution is 2.33. The summed E-state index contributed by atoms with van der Waals surface area (Å²) in [7, 11) is -4.27. The van der Waals surface area contributed by atoms with Crippen LogP contribution in [0.25, 0.3) is 0 Å². The van der Waals surface area contributed by atoms with Gasteiger partial charge in [-0.3, -0.25) is 9.10 Å². The molecule has 2 rings (SSSR count). The molecule has 0 unspecified atom stereocenters. The highest BCUT2D eigenvalue weighted by Gasteiger charge is 2.33. The van der Waals surface area contributed by atoms with E-state index >= 15 is 0 Å². The van der Waals surface area contributed by atoms with Crippen LogP contribution >= 0.6 is 0 Å². The first kappa shape index (κ1) is 23.7. The average Bonchev–Trinajstić information content (AvgIpc) is 2.72. The lowest BCUT2D eigenvalue weighted by Gasteiger charge is -2.25. The monoisotopic (exact) mass is 444 g/mol. The number of sulfonamides is 1. The molecular weight excluding hydrogens is 421 g/mol. The molecule has 0 spiro atoms. The first-order chi connectivity index (χ1) is 14.2. The molecule has 0 aliphatic rings. The molecule has 0 saturated heterocycles. The Hall–Kier alpha value is -2.59. The Morgan fingerprint density at radius 3 is 2.43 bits per heavy atom. The zero-order chi connectivity index (χ0) is 22.2. The smallest absolute Gasteiger partial charge is 0.382 e. The Morgan fingerprint density at radius 1 is 1.10 bits per heavy atom. The van der Waals surface area contributed by atoms with E-state index in [1.807, 2.05) is 6.92 Å². The number of carbonyl (C=O) groups excluding carboxylic acids is 1. The van der Waals surface area contributed by atoms with E-state index in [1.165, 1.54) is 30.3 Å². The van der Waals surface area contributed by atoms with Crippen molar-refractivity contribution in [1.82, 2.24) is 5.32 Å². The average molecular weight is 444 g/mol. The second-order valence-corrected chi connectivity index (χ2v) is 8.14. The molecule has 0 atom stereocenters. The third-order valence-corrected chi connectivity index (χ3v) is 5.86. The number of amides is 1. The van der Waals surface area contributed by atoms with E-state index < -0.39 is 34.2 Å². The minimum Gasteiger partial charge on any atom is -0.382 e. The number of rotatable bonds is 10. The van der Waals surface area contributed by atoms with Crippen molar-refractivity contribution < 1.29 is 31.1 Å². The maximum Gasteiger partial charge on any atom is 0.416 e. The van der Waals surface area contributed by atoms with Crippen molar-refractivity contribution in [3.8, 4) is 0 Å². The summed E-state index contributed by atoms with van der Waals surface area (Å²) in [6.07, 6.45) is -4.13. The molecule has 0 heterocycles. The molecule has 0 aliphatic heterocycles. The topological polar surface area (TPSA) is 75.7 Å². The van der Waals surface area contributed by atoms with Gasteiger partial charge >= 0.3 is 6.18 Å². The zero-order valence-corrected chi connectivity index (χ0v) is 17.2. The van der Waals surface area contributed by atoms with Crippen LogP contribution in [0.2, 0.25) is 0 Å². The van der Waals surface area contributed by atoms with Gasteiger partial charge in [-0.05, 0) is 43.7 Å². The van der Waals surface area contributed by atoms with Gasteiger partial charge in [-0.1, -0.05) is 24.3 Å². The molecule has 0 bridgehead atoms. The number of anilines is 1. The molecule has 0 aromatic heterocycles. The summed E-state index contributed by atoms with van der Waals surface area (Å²) in [6, 6.07) is 11.1. The third kappa shape index (κ3) is 6.46. The minimum atomic E-state index is -4.65. The van der Waals surface area contributed by atoms with E-state index in [9.17, 15) is 26.4 Å². The Morgan fingerprint density at radius 2 is 1.80 bits per heavy atom. The van der Waals surface area contributed by atoms with Crippen molar-refractivity contribution >= 4 is 21.6 Å². The maximum atomic E-state index is 13.1. The summed E-state index contributed by atoms with van der Waals surface area (Å²) in [5.74, 6) is -0.636. The predicted octanol–water partition coefficient (Wildman–Crippen LogP) is 3.44. The fourth-order valence-electron chi connectivity index (χ4n) is 2.60. The van der Waals surface area contributed by atoms with E-state index in [-0.39, 0.29) is 17.1 Å². The van der Waals surface area contributed by atoms with Crippen LogP contribution in [0.4, 0.5) is 18.9 Å². The molecule has 6 nitrogen and oxygen atoms in total. The van der Waals surface area contributed by atoms with Crippen LogP contribution in [0.3, 0.4) is 0 Å². The summed E-state index contributed by atoms with van der Waals surface area (Å²) in [5.41, 5.74) is -1.26. The first-order valence-corrected chi connectivity index (χ1v) is 10.7. The largest absolute Gasteiger partial charge is 0.416 e. The Bertz CT molecular complexity index is 935. The van der Waals surface area contributed by atoms with Gasteiger partial charge in [0.1, 0.15) is 6.54 Å². The molecule has 10 heteroatoms. The van der Waals surface area contributed by atoms with E-state index in [1.54, 1.807) is 6.07 Å². The van der Waals surface area contributed by atoms with Crippen molar-refractivity contribution in [3.05, 3.63) is 60.2 Å². The van der Waals surface area contributed by atoms with Crippen LogP contribution in [0.5, 0.6) is 0 Å². The fraction of sp³-hybridized carbons (Fsp3) is 0.350. The molecule has 0 fully saturated rings. The van der Waals surface area contributed by atoms with Gasteiger partial charge in [0, 0.05) is 19.8 Å². The Balaban J connectivity index is 2.31. The molecule has 2 aromatic rings. The van der Waals surface area contributed by atoms with Crippen LogP contribution in [0.15, 0.2) is 59.5 Å². The van der Waals surface area contributed by atoms with Crippen LogP contribution in [0, 0.1) is 0 Å². The summed E-state index contributed by atoms with van der Waals surface area (Å²) in [6.45, 7) is 2.39. The van der Waals surface area contributed by atoms with Crippen molar-refractivity contribution in [3.63, 3.8) is 0 Å². The van der Waals surface area contributed by atoms with E-state index in [0.717, 1.165) is 12.1 Å². The summed E-state index contributed by atoms with van der Waals surface area (Å²) in [4.78, 5) is 12.2. The number of nitrogens with one attached hydrogen (secondary N) is 1. The maximum absolute atomic E-state index is 13.1. The van der Waals surface area contributed by atoms with Crippen molar-refractivity contribution in [2.24, 2.45) is 0 Å². The van der Waals surface area contributed by atoms with Gasteiger partial charge in [0.25, 0.3) is 10.0 Å². The lowest BCUT2D eigenvalue weighted by molar-refractivity contribution is -0.137. The fourth-order valence-corrected chi connectivity index (χ4v) is 4.04. The van der Waals surface area contributed by atoms with Gasteiger partial charge < -0.3 is 10.1 Å². The van der Waals surface area contributed by atoms with Gasteiger partial charge in [-0.25, -0.2) is 8.42 Å². The van der Waals surface area contributed by atoms with E-state index in [4.69, 9.17) is 4.74 Å². The summed E-state index contributed by atoms with van der Waals surface area (Å²) < 4.78 is 71.4. The highest BCUT2D eigenvalue weighted by molar-refractivity contribution is 7.92. The quantitative estimate of drug-likeness (QED) is 0.570. The number of alkyl halides is 3. The Labute approximate surface area is 173 Å². The third-order valence-electron chi connectivity index (χ3n) is 4.07. The summed E-state index contributed by atoms with van der Waals surface area (Å²) in [5, 5.41) is 2.56. The number of halogens is 3. The van der Waals surface area contributed by atoms with Crippen LogP contribution in [-0.2, 0) is 25.7 Å². The van der Waals surface area contributed by atoms with Crippen molar-refractivity contribution in [2.45, 2.75) is 24.4 Å². The lowest BCUT2D eigenvalue weighted by atomic mass is 10.2.